The van der Waals surface area contributed by atoms with Gasteiger partial charge in [0.05, 0.1) is 12.2 Å². The largest absolute Gasteiger partial charge is 0.349 e. The van der Waals surface area contributed by atoms with Crippen LogP contribution in [0.4, 0.5) is 0 Å². The summed E-state index contributed by atoms with van der Waals surface area (Å²) in [5, 5.41) is 5.30. The molecule has 0 atom stereocenters. The molecule has 13 heavy (non-hydrogen) atoms. The summed E-state index contributed by atoms with van der Waals surface area (Å²) in [5.41, 5.74) is 0.529. The molecular weight excluding hydrogens is 194 g/mol. The van der Waals surface area contributed by atoms with Gasteiger partial charge in [-0.2, -0.15) is 0 Å². The molecule has 6 heteroatoms. The molecule has 1 amide bonds. The molecule has 0 radical (unpaired) electrons. The molecule has 1 rings (SSSR count). The van der Waals surface area contributed by atoms with Crippen LogP contribution >= 0.6 is 11.6 Å². The smallest absolute Gasteiger partial charge is 0.266 e. The van der Waals surface area contributed by atoms with Crippen molar-refractivity contribution >= 4 is 17.5 Å². The Kier molecular flexibility index (Phi) is 3.13. The standard InChI is InChI=1S/C7H10ClN3O2/c1-11-7(13)2-5(10-11)4-9-6(12)3-8/h2,10H,3-4H2,1H3,(H,9,12). The van der Waals surface area contributed by atoms with E-state index >= 15 is 0 Å². The maximum atomic E-state index is 10.9. The van der Waals surface area contributed by atoms with Crippen molar-refractivity contribution in [1.82, 2.24) is 15.1 Å². The van der Waals surface area contributed by atoms with Crippen molar-refractivity contribution in [3.63, 3.8) is 0 Å². The number of hydrogen-bond donors (Lipinski definition) is 2. The number of rotatable bonds is 3. The van der Waals surface area contributed by atoms with Gasteiger partial charge in [0.25, 0.3) is 5.56 Å². The summed E-state index contributed by atoms with van der Waals surface area (Å²) in [6.45, 7) is 0.293. The third-order valence-electron chi connectivity index (χ3n) is 1.54. The second kappa shape index (κ2) is 4.13. The maximum Gasteiger partial charge on any atom is 0.266 e. The van der Waals surface area contributed by atoms with Crippen molar-refractivity contribution < 1.29 is 4.79 Å². The molecule has 0 unspecified atom stereocenters. The number of hydrogen-bond acceptors (Lipinski definition) is 2. The van der Waals surface area contributed by atoms with E-state index < -0.39 is 0 Å². The number of halogens is 1. The SMILES string of the molecule is Cn1[nH]c(CNC(=O)CCl)cc1=O. The molecule has 1 aromatic heterocycles. The molecule has 0 bridgehead atoms. The van der Waals surface area contributed by atoms with Crippen molar-refractivity contribution in [2.75, 3.05) is 5.88 Å². The second-order valence-electron chi connectivity index (χ2n) is 2.59. The molecule has 0 aliphatic heterocycles. The molecule has 0 saturated heterocycles. The zero-order valence-corrected chi connectivity index (χ0v) is 7.89. The zero-order valence-electron chi connectivity index (χ0n) is 7.13. The molecular formula is C7H10ClN3O2. The number of carbonyl (C=O) groups is 1. The average Bonchev–Trinajstić information content (AvgIpc) is 2.42. The van der Waals surface area contributed by atoms with E-state index in [1.807, 2.05) is 0 Å². The predicted molar refractivity (Wildman–Crippen MR) is 48.6 cm³/mol. The number of aryl methyl sites for hydroxylation is 1. The van der Waals surface area contributed by atoms with Crippen molar-refractivity contribution in [3.8, 4) is 0 Å². The van der Waals surface area contributed by atoms with E-state index in [9.17, 15) is 9.59 Å². The summed E-state index contributed by atoms with van der Waals surface area (Å²) >= 11 is 5.27. The van der Waals surface area contributed by atoms with Gasteiger partial charge in [-0.1, -0.05) is 0 Å². The summed E-state index contributed by atoms with van der Waals surface area (Å²) in [4.78, 5) is 21.7. The maximum absolute atomic E-state index is 10.9. The highest BCUT2D eigenvalue weighted by molar-refractivity contribution is 6.27. The van der Waals surface area contributed by atoms with Crippen LogP contribution in [0, 0.1) is 0 Å². The van der Waals surface area contributed by atoms with Crippen molar-refractivity contribution in [1.29, 1.82) is 0 Å². The molecule has 1 aromatic rings. The highest BCUT2D eigenvalue weighted by atomic mass is 35.5. The molecule has 2 N–H and O–H groups in total. The molecule has 1 heterocycles. The number of carbonyl (C=O) groups excluding carboxylic acids is 1. The lowest BCUT2D eigenvalue weighted by Crippen LogP contribution is -2.23. The molecule has 0 spiro atoms. The molecule has 0 aliphatic rings. The first kappa shape index (κ1) is 9.85. The Bertz CT molecular complexity index is 355. The summed E-state index contributed by atoms with van der Waals surface area (Å²) in [6, 6.07) is 1.43. The lowest BCUT2D eigenvalue weighted by atomic mass is 10.4. The number of nitrogens with zero attached hydrogens (tertiary/aromatic N) is 1. The van der Waals surface area contributed by atoms with Gasteiger partial charge in [0.1, 0.15) is 5.88 Å². The van der Waals surface area contributed by atoms with Gasteiger partial charge in [0.15, 0.2) is 0 Å². The monoisotopic (exact) mass is 203 g/mol. The predicted octanol–water partition coefficient (Wildman–Crippen LogP) is -0.432. The minimum atomic E-state index is -0.258. The van der Waals surface area contributed by atoms with Gasteiger partial charge < -0.3 is 5.32 Å². The first-order valence-corrected chi connectivity index (χ1v) is 4.24. The van der Waals surface area contributed by atoms with E-state index in [4.69, 9.17) is 11.6 Å². The van der Waals surface area contributed by atoms with E-state index in [0.29, 0.717) is 12.2 Å². The number of nitrogens with one attached hydrogen (secondary N) is 2. The lowest BCUT2D eigenvalue weighted by molar-refractivity contribution is -0.118. The molecule has 72 valence electrons. The van der Waals surface area contributed by atoms with Gasteiger partial charge in [0.2, 0.25) is 5.91 Å². The minimum absolute atomic E-state index is 0.0724. The van der Waals surface area contributed by atoms with Crippen LogP contribution in [-0.2, 0) is 18.4 Å². The number of aromatic amines is 1. The molecule has 0 saturated carbocycles. The van der Waals surface area contributed by atoms with Crippen LogP contribution in [0.1, 0.15) is 5.69 Å². The van der Waals surface area contributed by atoms with Crippen LogP contribution in [-0.4, -0.2) is 21.6 Å². The van der Waals surface area contributed by atoms with Gasteiger partial charge in [-0.25, -0.2) is 0 Å². The first-order chi connectivity index (χ1) is 6.13. The Morgan fingerprint density at radius 1 is 1.77 bits per heavy atom. The van der Waals surface area contributed by atoms with Crippen LogP contribution in [0.2, 0.25) is 0 Å². The molecule has 0 fully saturated rings. The van der Waals surface area contributed by atoms with Crippen LogP contribution < -0.4 is 10.9 Å². The van der Waals surface area contributed by atoms with E-state index in [-0.39, 0.29) is 17.3 Å². The van der Waals surface area contributed by atoms with Gasteiger partial charge in [-0.3, -0.25) is 19.4 Å². The molecule has 5 nitrogen and oxygen atoms in total. The average molecular weight is 204 g/mol. The minimum Gasteiger partial charge on any atom is -0.349 e. The van der Waals surface area contributed by atoms with Gasteiger partial charge in [0, 0.05) is 13.1 Å². The third kappa shape index (κ3) is 2.62. The Hall–Kier alpha value is -1.23. The summed E-state index contributed by atoms with van der Waals surface area (Å²) < 4.78 is 1.34. The van der Waals surface area contributed by atoms with Crippen molar-refractivity contribution in [2.24, 2.45) is 7.05 Å². The van der Waals surface area contributed by atoms with Crippen LogP contribution in [0.3, 0.4) is 0 Å². The van der Waals surface area contributed by atoms with Crippen LogP contribution in [0.15, 0.2) is 10.9 Å². The van der Waals surface area contributed by atoms with Gasteiger partial charge in [-0.05, 0) is 0 Å². The topological polar surface area (TPSA) is 66.9 Å². The zero-order chi connectivity index (χ0) is 9.84. The number of H-pyrrole nitrogens is 1. The van der Waals surface area contributed by atoms with E-state index in [1.165, 1.54) is 10.7 Å². The highest BCUT2D eigenvalue weighted by Gasteiger charge is 2.01. The summed E-state index contributed by atoms with van der Waals surface area (Å²) in [5.74, 6) is -0.330. The fraction of sp³-hybridized carbons (Fsp3) is 0.429. The molecule has 0 aromatic carbocycles. The first-order valence-electron chi connectivity index (χ1n) is 3.71. The second-order valence-corrected chi connectivity index (χ2v) is 2.86. The van der Waals surface area contributed by atoms with Gasteiger partial charge in [-0.15, -0.1) is 11.6 Å². The summed E-state index contributed by atoms with van der Waals surface area (Å²) in [6.07, 6.45) is 0. The number of amides is 1. The number of alkyl halides is 1. The van der Waals surface area contributed by atoms with Crippen LogP contribution in [0.25, 0.3) is 0 Å². The normalized spacial score (nSPS) is 10.0. The van der Waals surface area contributed by atoms with E-state index in [1.54, 1.807) is 7.05 Å². The number of aromatic nitrogens is 2. The van der Waals surface area contributed by atoms with Crippen LogP contribution in [0.5, 0.6) is 0 Å². The van der Waals surface area contributed by atoms with Crippen molar-refractivity contribution in [2.45, 2.75) is 6.54 Å². The Labute approximate surface area is 79.7 Å². The Morgan fingerprint density at radius 2 is 2.46 bits per heavy atom. The van der Waals surface area contributed by atoms with E-state index in [0.717, 1.165) is 0 Å². The quantitative estimate of drug-likeness (QED) is 0.655. The fourth-order valence-corrected chi connectivity index (χ4v) is 0.975. The fourth-order valence-electron chi connectivity index (χ4n) is 0.880. The third-order valence-corrected chi connectivity index (χ3v) is 1.78. The Morgan fingerprint density at radius 3 is 2.92 bits per heavy atom. The lowest BCUT2D eigenvalue weighted by Gasteiger charge is -1.99. The van der Waals surface area contributed by atoms with Gasteiger partial charge >= 0.3 is 0 Å². The van der Waals surface area contributed by atoms with Crippen molar-refractivity contribution in [3.05, 3.63) is 22.1 Å². The molecule has 0 aliphatic carbocycles. The summed E-state index contributed by atoms with van der Waals surface area (Å²) in [7, 11) is 1.61. The van der Waals surface area contributed by atoms with E-state index in [2.05, 4.69) is 10.4 Å². The Balaban J connectivity index is 2.55. The highest BCUT2D eigenvalue weighted by Crippen LogP contribution is 1.88.